The van der Waals surface area contributed by atoms with Gasteiger partial charge in [-0.2, -0.15) is 0 Å². The van der Waals surface area contributed by atoms with Crippen LogP contribution >= 0.6 is 11.6 Å². The lowest BCUT2D eigenvalue weighted by Crippen LogP contribution is -1.99. The van der Waals surface area contributed by atoms with Gasteiger partial charge in [-0.25, -0.2) is 4.39 Å². The minimum atomic E-state index is -0.481. The van der Waals surface area contributed by atoms with Crippen molar-refractivity contribution in [2.24, 2.45) is 0 Å². The number of hydrogen-bond acceptors (Lipinski definition) is 2. The van der Waals surface area contributed by atoms with Crippen molar-refractivity contribution in [1.29, 1.82) is 0 Å². The molecule has 0 spiro atoms. The Labute approximate surface area is 123 Å². The third-order valence-electron chi connectivity index (χ3n) is 3.20. The highest BCUT2D eigenvalue weighted by Gasteiger charge is 2.17. The van der Waals surface area contributed by atoms with E-state index in [1.165, 1.54) is 6.07 Å². The maximum Gasteiger partial charge on any atom is 0.127 e. The summed E-state index contributed by atoms with van der Waals surface area (Å²) in [6, 6.07) is 10.4. The molecule has 0 aliphatic heterocycles. The molecule has 0 radical (unpaired) electrons. The topological polar surface area (TPSA) is 18.5 Å². The standard InChI is InChI=1S/C16H16ClFO2/c1-10-4-5-11(8-14(10)18)16(17)13-7-6-12(19-2)9-15(13)20-3/h4-9,16H,1-3H3. The summed E-state index contributed by atoms with van der Waals surface area (Å²) in [6.45, 7) is 1.72. The van der Waals surface area contributed by atoms with Crippen LogP contribution in [0.25, 0.3) is 0 Å². The first kappa shape index (κ1) is 14.7. The summed E-state index contributed by atoms with van der Waals surface area (Å²) in [5.74, 6) is 1.04. The molecule has 0 aliphatic carbocycles. The van der Waals surface area contributed by atoms with Gasteiger partial charge in [-0.1, -0.05) is 12.1 Å². The summed E-state index contributed by atoms with van der Waals surface area (Å²) >= 11 is 6.45. The molecule has 0 N–H and O–H groups in total. The van der Waals surface area contributed by atoms with Crippen molar-refractivity contribution in [3.63, 3.8) is 0 Å². The van der Waals surface area contributed by atoms with E-state index >= 15 is 0 Å². The van der Waals surface area contributed by atoms with Crippen molar-refractivity contribution in [2.45, 2.75) is 12.3 Å². The molecular weight excluding hydrogens is 279 g/mol. The third-order valence-corrected chi connectivity index (χ3v) is 3.69. The first-order chi connectivity index (χ1) is 9.56. The van der Waals surface area contributed by atoms with Gasteiger partial charge in [0.15, 0.2) is 0 Å². The SMILES string of the molecule is COc1ccc(C(Cl)c2ccc(C)c(F)c2)c(OC)c1. The van der Waals surface area contributed by atoms with Crippen LogP contribution in [-0.4, -0.2) is 14.2 Å². The zero-order valence-electron chi connectivity index (χ0n) is 11.6. The van der Waals surface area contributed by atoms with E-state index in [4.69, 9.17) is 21.1 Å². The Balaban J connectivity index is 2.41. The minimum absolute atomic E-state index is 0.263. The molecule has 20 heavy (non-hydrogen) atoms. The van der Waals surface area contributed by atoms with Crippen LogP contribution in [0.3, 0.4) is 0 Å². The number of methoxy groups -OCH3 is 2. The van der Waals surface area contributed by atoms with Gasteiger partial charge in [-0.15, -0.1) is 11.6 Å². The summed E-state index contributed by atoms with van der Waals surface area (Å²) in [5.41, 5.74) is 2.07. The first-order valence-corrected chi connectivity index (χ1v) is 6.62. The molecule has 0 aromatic heterocycles. The lowest BCUT2D eigenvalue weighted by molar-refractivity contribution is 0.391. The van der Waals surface area contributed by atoms with Crippen LogP contribution in [0, 0.1) is 12.7 Å². The average Bonchev–Trinajstić information content (AvgIpc) is 2.48. The maximum absolute atomic E-state index is 13.6. The van der Waals surface area contributed by atoms with E-state index in [1.54, 1.807) is 39.3 Å². The van der Waals surface area contributed by atoms with Gasteiger partial charge >= 0.3 is 0 Å². The van der Waals surface area contributed by atoms with Crippen molar-refractivity contribution < 1.29 is 13.9 Å². The summed E-state index contributed by atoms with van der Waals surface area (Å²) in [5, 5.41) is -0.481. The van der Waals surface area contributed by atoms with E-state index in [0.717, 1.165) is 5.56 Å². The molecule has 0 bridgehead atoms. The molecule has 0 amide bonds. The van der Waals surface area contributed by atoms with E-state index in [9.17, 15) is 4.39 Å². The van der Waals surface area contributed by atoms with E-state index in [-0.39, 0.29) is 5.82 Å². The lowest BCUT2D eigenvalue weighted by Gasteiger charge is -2.16. The van der Waals surface area contributed by atoms with Crippen LogP contribution < -0.4 is 9.47 Å². The largest absolute Gasteiger partial charge is 0.497 e. The van der Waals surface area contributed by atoms with E-state index in [2.05, 4.69) is 0 Å². The maximum atomic E-state index is 13.6. The molecule has 2 aromatic rings. The van der Waals surface area contributed by atoms with E-state index in [1.807, 2.05) is 12.1 Å². The number of ether oxygens (including phenoxy) is 2. The fourth-order valence-corrected chi connectivity index (χ4v) is 2.29. The second-order valence-electron chi connectivity index (χ2n) is 4.48. The molecule has 2 nitrogen and oxygen atoms in total. The fourth-order valence-electron chi connectivity index (χ4n) is 1.97. The molecule has 0 saturated heterocycles. The van der Waals surface area contributed by atoms with Gasteiger partial charge in [0.1, 0.15) is 17.3 Å². The van der Waals surface area contributed by atoms with Crippen LogP contribution in [-0.2, 0) is 0 Å². The minimum Gasteiger partial charge on any atom is -0.497 e. The van der Waals surface area contributed by atoms with Crippen LogP contribution in [0.15, 0.2) is 36.4 Å². The first-order valence-electron chi connectivity index (χ1n) is 6.19. The van der Waals surface area contributed by atoms with Gasteiger partial charge in [0.2, 0.25) is 0 Å². The summed E-state index contributed by atoms with van der Waals surface area (Å²) in [7, 11) is 3.15. The Kier molecular flexibility index (Phi) is 4.50. The van der Waals surface area contributed by atoms with Crippen LogP contribution in [0.4, 0.5) is 4.39 Å². The fraction of sp³-hybridized carbons (Fsp3) is 0.250. The van der Waals surface area contributed by atoms with Crippen molar-refractivity contribution in [1.82, 2.24) is 0 Å². The predicted molar refractivity (Wildman–Crippen MR) is 78.4 cm³/mol. The molecule has 0 saturated carbocycles. The summed E-state index contributed by atoms with van der Waals surface area (Å²) < 4.78 is 24.1. The monoisotopic (exact) mass is 294 g/mol. The molecule has 2 rings (SSSR count). The van der Waals surface area contributed by atoms with Gasteiger partial charge in [0.05, 0.1) is 19.6 Å². The Bertz CT molecular complexity index is 613. The normalized spacial score (nSPS) is 12.1. The third kappa shape index (κ3) is 2.88. The van der Waals surface area contributed by atoms with Gasteiger partial charge in [-0.3, -0.25) is 0 Å². The molecule has 4 heteroatoms. The zero-order valence-corrected chi connectivity index (χ0v) is 12.4. The molecule has 1 atom stereocenters. The van der Waals surface area contributed by atoms with Gasteiger partial charge in [-0.05, 0) is 36.2 Å². The molecule has 106 valence electrons. The summed E-state index contributed by atoms with van der Waals surface area (Å²) in [4.78, 5) is 0. The van der Waals surface area contributed by atoms with E-state index in [0.29, 0.717) is 22.6 Å². The van der Waals surface area contributed by atoms with Gasteiger partial charge in [0.25, 0.3) is 0 Å². The highest BCUT2D eigenvalue weighted by Crippen LogP contribution is 2.37. The number of aryl methyl sites for hydroxylation is 1. The van der Waals surface area contributed by atoms with Crippen LogP contribution in [0.1, 0.15) is 22.1 Å². The van der Waals surface area contributed by atoms with Crippen molar-refractivity contribution in [3.8, 4) is 11.5 Å². The number of alkyl halides is 1. The molecule has 1 unspecified atom stereocenters. The van der Waals surface area contributed by atoms with Crippen molar-refractivity contribution in [3.05, 3.63) is 58.9 Å². The number of halogens is 2. The highest BCUT2D eigenvalue weighted by molar-refractivity contribution is 6.22. The molecule has 0 fully saturated rings. The smallest absolute Gasteiger partial charge is 0.127 e. The lowest BCUT2D eigenvalue weighted by atomic mass is 10.0. The van der Waals surface area contributed by atoms with Crippen LogP contribution in [0.2, 0.25) is 0 Å². The average molecular weight is 295 g/mol. The van der Waals surface area contributed by atoms with Crippen molar-refractivity contribution >= 4 is 11.6 Å². The second kappa shape index (κ2) is 6.14. The Morgan fingerprint density at radius 1 is 1.05 bits per heavy atom. The molecule has 0 aliphatic rings. The zero-order chi connectivity index (χ0) is 14.7. The number of benzene rings is 2. The number of rotatable bonds is 4. The van der Waals surface area contributed by atoms with Gasteiger partial charge < -0.3 is 9.47 Å². The Morgan fingerprint density at radius 2 is 1.80 bits per heavy atom. The summed E-state index contributed by atoms with van der Waals surface area (Å²) in [6.07, 6.45) is 0. The second-order valence-corrected chi connectivity index (χ2v) is 4.92. The molecule has 0 heterocycles. The number of hydrogen-bond donors (Lipinski definition) is 0. The Hall–Kier alpha value is -1.74. The Morgan fingerprint density at radius 3 is 2.40 bits per heavy atom. The highest BCUT2D eigenvalue weighted by atomic mass is 35.5. The van der Waals surface area contributed by atoms with Gasteiger partial charge in [0, 0.05) is 11.6 Å². The molecule has 2 aromatic carbocycles. The van der Waals surface area contributed by atoms with Crippen LogP contribution in [0.5, 0.6) is 11.5 Å². The predicted octanol–water partition coefficient (Wildman–Crippen LogP) is 4.48. The van der Waals surface area contributed by atoms with Crippen molar-refractivity contribution in [2.75, 3.05) is 14.2 Å². The molecular formula is C16H16ClFO2. The van der Waals surface area contributed by atoms with E-state index < -0.39 is 5.38 Å². The quantitative estimate of drug-likeness (QED) is 0.774.